The van der Waals surface area contributed by atoms with Crippen LogP contribution in [0.4, 0.5) is 4.39 Å². The molecule has 0 aromatic heterocycles. The van der Waals surface area contributed by atoms with Gasteiger partial charge in [-0.3, -0.25) is 0 Å². The van der Waals surface area contributed by atoms with Crippen molar-refractivity contribution in [1.29, 1.82) is 0 Å². The van der Waals surface area contributed by atoms with Gasteiger partial charge in [-0.05, 0) is 37.8 Å². The predicted octanol–water partition coefficient (Wildman–Crippen LogP) is 4.27. The topological polar surface area (TPSA) is 21.3 Å². The highest BCUT2D eigenvalue weighted by Gasteiger charge is 2.04. The van der Waals surface area contributed by atoms with Gasteiger partial charge in [0, 0.05) is 18.7 Å². The minimum absolute atomic E-state index is 0.118. The van der Waals surface area contributed by atoms with Gasteiger partial charge >= 0.3 is 0 Å². The highest BCUT2D eigenvalue weighted by atomic mass is 35.5. The number of rotatable bonds is 8. The van der Waals surface area contributed by atoms with Crippen LogP contribution in [-0.2, 0) is 0 Å². The fraction of sp³-hybridized carbons (Fsp3) is 0.600. The van der Waals surface area contributed by atoms with Gasteiger partial charge in [-0.25, -0.2) is 4.39 Å². The van der Waals surface area contributed by atoms with E-state index in [1.165, 1.54) is 18.6 Å². The molecular weight excluding hydrogens is 265 g/mol. The minimum Gasteiger partial charge on any atom is -0.492 e. The van der Waals surface area contributed by atoms with E-state index in [2.05, 4.69) is 26.1 Å². The van der Waals surface area contributed by atoms with Crippen LogP contribution in [0.25, 0.3) is 0 Å². The molecule has 0 fully saturated rings. The van der Waals surface area contributed by atoms with Crippen molar-refractivity contribution in [2.75, 3.05) is 13.2 Å². The summed E-state index contributed by atoms with van der Waals surface area (Å²) in [7, 11) is 0. The van der Waals surface area contributed by atoms with E-state index in [0.29, 0.717) is 18.4 Å². The molecule has 0 saturated carbocycles. The van der Waals surface area contributed by atoms with E-state index in [4.69, 9.17) is 16.3 Å². The summed E-state index contributed by atoms with van der Waals surface area (Å²) in [5, 5.41) is 3.51. The molecule has 0 bridgehead atoms. The lowest BCUT2D eigenvalue weighted by Gasteiger charge is -2.15. The average Bonchev–Trinajstić information content (AvgIpc) is 2.36. The van der Waals surface area contributed by atoms with E-state index < -0.39 is 5.82 Å². The molecule has 1 N–H and O–H groups in total. The molecule has 19 heavy (non-hydrogen) atoms. The number of ether oxygens (including phenoxy) is 1. The second-order valence-corrected chi connectivity index (χ2v) is 5.66. The quantitative estimate of drug-likeness (QED) is 0.721. The largest absolute Gasteiger partial charge is 0.492 e. The Kier molecular flexibility index (Phi) is 7.17. The molecule has 0 spiro atoms. The standard InChI is InChI=1S/C15H23ClFNO/c1-11(2)4-5-12(3)18-8-9-19-13-6-7-14(16)15(17)10-13/h6-7,10-12,18H,4-5,8-9H2,1-3H3. The van der Waals surface area contributed by atoms with E-state index in [1.54, 1.807) is 6.07 Å². The van der Waals surface area contributed by atoms with Crippen molar-refractivity contribution in [2.45, 2.75) is 39.7 Å². The first-order chi connectivity index (χ1) is 8.99. The third kappa shape index (κ3) is 6.79. The van der Waals surface area contributed by atoms with Crippen LogP contribution >= 0.6 is 11.6 Å². The molecular formula is C15H23ClFNO. The van der Waals surface area contributed by atoms with Crippen LogP contribution in [-0.4, -0.2) is 19.2 Å². The van der Waals surface area contributed by atoms with Gasteiger partial charge in [0.1, 0.15) is 18.2 Å². The van der Waals surface area contributed by atoms with Gasteiger partial charge in [-0.2, -0.15) is 0 Å². The van der Waals surface area contributed by atoms with Gasteiger partial charge in [0.2, 0.25) is 0 Å². The summed E-state index contributed by atoms with van der Waals surface area (Å²) < 4.78 is 18.6. The van der Waals surface area contributed by atoms with Gasteiger partial charge < -0.3 is 10.1 Å². The van der Waals surface area contributed by atoms with Crippen molar-refractivity contribution in [2.24, 2.45) is 5.92 Å². The molecule has 108 valence electrons. The van der Waals surface area contributed by atoms with Gasteiger partial charge in [-0.1, -0.05) is 25.4 Å². The van der Waals surface area contributed by atoms with Crippen molar-refractivity contribution < 1.29 is 9.13 Å². The Morgan fingerprint density at radius 3 is 2.63 bits per heavy atom. The van der Waals surface area contributed by atoms with Crippen molar-refractivity contribution in [3.63, 3.8) is 0 Å². The number of hydrogen-bond acceptors (Lipinski definition) is 2. The summed E-state index contributed by atoms with van der Waals surface area (Å²) in [6, 6.07) is 4.97. The predicted molar refractivity (Wildman–Crippen MR) is 78.4 cm³/mol. The molecule has 0 amide bonds. The molecule has 0 aliphatic rings. The van der Waals surface area contributed by atoms with E-state index in [9.17, 15) is 4.39 Å². The van der Waals surface area contributed by atoms with Crippen molar-refractivity contribution in [3.05, 3.63) is 29.0 Å². The molecule has 0 radical (unpaired) electrons. The highest BCUT2D eigenvalue weighted by molar-refractivity contribution is 6.30. The summed E-state index contributed by atoms with van der Waals surface area (Å²) in [6.45, 7) is 7.90. The molecule has 4 heteroatoms. The maximum absolute atomic E-state index is 13.2. The normalized spacial score (nSPS) is 12.7. The van der Waals surface area contributed by atoms with Crippen LogP contribution in [0.2, 0.25) is 5.02 Å². The number of hydrogen-bond donors (Lipinski definition) is 1. The zero-order chi connectivity index (χ0) is 14.3. The molecule has 1 unspecified atom stereocenters. The SMILES string of the molecule is CC(C)CCC(C)NCCOc1ccc(Cl)c(F)c1. The van der Waals surface area contributed by atoms with E-state index in [0.717, 1.165) is 18.9 Å². The highest BCUT2D eigenvalue weighted by Crippen LogP contribution is 2.20. The van der Waals surface area contributed by atoms with Gasteiger partial charge in [-0.15, -0.1) is 0 Å². The number of benzene rings is 1. The van der Waals surface area contributed by atoms with Crippen molar-refractivity contribution in [1.82, 2.24) is 5.32 Å². The Bertz CT molecular complexity index is 384. The fourth-order valence-electron chi connectivity index (χ4n) is 1.73. The zero-order valence-electron chi connectivity index (χ0n) is 11.9. The van der Waals surface area contributed by atoms with Crippen LogP contribution in [0.5, 0.6) is 5.75 Å². The van der Waals surface area contributed by atoms with E-state index >= 15 is 0 Å². The number of halogens is 2. The summed E-state index contributed by atoms with van der Waals surface area (Å²) in [5.41, 5.74) is 0. The second kappa shape index (κ2) is 8.39. The van der Waals surface area contributed by atoms with Gasteiger partial charge in [0.25, 0.3) is 0 Å². The molecule has 1 rings (SSSR count). The molecule has 0 aliphatic carbocycles. The summed E-state index contributed by atoms with van der Waals surface area (Å²) in [5.74, 6) is 0.800. The Morgan fingerprint density at radius 2 is 2.00 bits per heavy atom. The maximum atomic E-state index is 13.2. The Morgan fingerprint density at radius 1 is 1.26 bits per heavy atom. The first-order valence-electron chi connectivity index (χ1n) is 6.80. The maximum Gasteiger partial charge on any atom is 0.145 e. The minimum atomic E-state index is -0.447. The number of nitrogens with one attached hydrogen (secondary N) is 1. The van der Waals surface area contributed by atoms with E-state index in [-0.39, 0.29) is 5.02 Å². The van der Waals surface area contributed by atoms with Gasteiger partial charge in [0.15, 0.2) is 0 Å². The molecule has 1 atom stereocenters. The fourth-order valence-corrected chi connectivity index (χ4v) is 1.84. The average molecular weight is 288 g/mol. The molecule has 1 aromatic rings. The third-order valence-electron chi connectivity index (χ3n) is 2.93. The lowest BCUT2D eigenvalue weighted by molar-refractivity contribution is 0.301. The van der Waals surface area contributed by atoms with Crippen LogP contribution in [0.1, 0.15) is 33.6 Å². The van der Waals surface area contributed by atoms with Crippen LogP contribution in [0.3, 0.4) is 0 Å². The van der Waals surface area contributed by atoms with Crippen molar-refractivity contribution in [3.8, 4) is 5.75 Å². The van der Waals surface area contributed by atoms with E-state index in [1.807, 2.05) is 0 Å². The Balaban J connectivity index is 2.18. The lowest BCUT2D eigenvalue weighted by atomic mass is 10.0. The van der Waals surface area contributed by atoms with Gasteiger partial charge in [0.05, 0.1) is 5.02 Å². The smallest absolute Gasteiger partial charge is 0.145 e. The Hall–Kier alpha value is -0.800. The third-order valence-corrected chi connectivity index (χ3v) is 3.24. The molecule has 1 aromatic carbocycles. The first-order valence-corrected chi connectivity index (χ1v) is 7.18. The zero-order valence-corrected chi connectivity index (χ0v) is 12.6. The molecule has 0 saturated heterocycles. The summed E-state index contributed by atoms with van der Waals surface area (Å²) in [4.78, 5) is 0. The molecule has 2 nitrogen and oxygen atoms in total. The lowest BCUT2D eigenvalue weighted by Crippen LogP contribution is -2.30. The Labute approximate surface area is 120 Å². The first kappa shape index (κ1) is 16.3. The summed E-state index contributed by atoms with van der Waals surface area (Å²) >= 11 is 5.60. The monoisotopic (exact) mass is 287 g/mol. The van der Waals surface area contributed by atoms with Crippen LogP contribution in [0.15, 0.2) is 18.2 Å². The second-order valence-electron chi connectivity index (χ2n) is 5.25. The van der Waals surface area contributed by atoms with Crippen LogP contribution in [0, 0.1) is 11.7 Å². The molecule has 0 aliphatic heterocycles. The molecule has 0 heterocycles. The van der Waals surface area contributed by atoms with Crippen molar-refractivity contribution >= 4 is 11.6 Å². The van der Waals surface area contributed by atoms with Crippen LogP contribution < -0.4 is 10.1 Å². The summed E-state index contributed by atoms with van der Waals surface area (Å²) in [6.07, 6.45) is 2.38.